The van der Waals surface area contributed by atoms with Gasteiger partial charge in [0.05, 0.1) is 17.6 Å². The van der Waals surface area contributed by atoms with E-state index in [0.29, 0.717) is 12.6 Å². The number of thiophene rings is 1. The molecular formula is C18H27N5S2. The molecule has 2 aromatic heterocycles. The highest BCUT2D eigenvalue weighted by Crippen LogP contribution is 2.27. The minimum absolute atomic E-state index is 0.428. The lowest BCUT2D eigenvalue weighted by Gasteiger charge is -2.27. The Morgan fingerprint density at radius 2 is 2.20 bits per heavy atom. The van der Waals surface area contributed by atoms with E-state index < -0.39 is 0 Å². The van der Waals surface area contributed by atoms with Gasteiger partial charge in [0.25, 0.3) is 0 Å². The molecule has 1 aliphatic heterocycles. The first-order valence-electron chi connectivity index (χ1n) is 8.97. The first-order valence-corrected chi connectivity index (χ1v) is 10.7. The summed E-state index contributed by atoms with van der Waals surface area (Å²) in [6, 6.07) is 4.82. The predicted molar refractivity (Wildman–Crippen MR) is 108 cm³/mol. The predicted octanol–water partition coefficient (Wildman–Crippen LogP) is 3.41. The van der Waals surface area contributed by atoms with Gasteiger partial charge in [0.1, 0.15) is 0 Å². The molecule has 7 heteroatoms. The summed E-state index contributed by atoms with van der Waals surface area (Å²) < 4.78 is 0. The second-order valence-electron chi connectivity index (χ2n) is 6.20. The van der Waals surface area contributed by atoms with E-state index in [0.717, 1.165) is 24.1 Å². The highest BCUT2D eigenvalue weighted by Gasteiger charge is 2.24. The Kier molecular flexibility index (Phi) is 6.84. The lowest BCUT2D eigenvalue weighted by atomic mass is 10.2. The van der Waals surface area contributed by atoms with Gasteiger partial charge in [-0.15, -0.1) is 22.7 Å². The fourth-order valence-corrected chi connectivity index (χ4v) is 4.69. The van der Waals surface area contributed by atoms with Crippen molar-refractivity contribution in [3.05, 3.63) is 38.5 Å². The first-order chi connectivity index (χ1) is 12.3. The molecule has 3 rings (SSSR count). The summed E-state index contributed by atoms with van der Waals surface area (Å²) in [5.74, 6) is 0.884. The van der Waals surface area contributed by atoms with Crippen molar-refractivity contribution in [2.45, 2.75) is 39.3 Å². The van der Waals surface area contributed by atoms with Crippen LogP contribution in [0.15, 0.2) is 28.7 Å². The fourth-order valence-electron chi connectivity index (χ4n) is 3.11. The Morgan fingerprint density at radius 1 is 1.36 bits per heavy atom. The summed E-state index contributed by atoms with van der Waals surface area (Å²) in [6.07, 6.45) is 4.53. The van der Waals surface area contributed by atoms with Crippen molar-refractivity contribution in [1.82, 2.24) is 20.5 Å². The number of thiazole rings is 1. The normalized spacial score (nSPS) is 17.0. The van der Waals surface area contributed by atoms with Gasteiger partial charge in [-0.2, -0.15) is 0 Å². The van der Waals surface area contributed by atoms with E-state index in [1.54, 1.807) is 11.3 Å². The molecule has 136 valence electrons. The average molecular weight is 378 g/mol. The van der Waals surface area contributed by atoms with Crippen molar-refractivity contribution in [1.29, 1.82) is 0 Å². The molecule has 1 unspecified atom stereocenters. The monoisotopic (exact) mass is 377 g/mol. The van der Waals surface area contributed by atoms with Gasteiger partial charge in [-0.3, -0.25) is 4.90 Å². The third-order valence-corrected chi connectivity index (χ3v) is 6.19. The van der Waals surface area contributed by atoms with Crippen molar-refractivity contribution >= 4 is 28.6 Å². The van der Waals surface area contributed by atoms with Crippen LogP contribution in [0.2, 0.25) is 0 Å². The smallest absolute Gasteiger partial charge is 0.191 e. The van der Waals surface area contributed by atoms with E-state index in [1.807, 2.05) is 24.5 Å². The Balaban J connectivity index is 1.63. The minimum Gasteiger partial charge on any atom is -0.357 e. The standard InChI is InChI=1S/C18H27N5S2/c1-3-19-18(21-12-15-11-20-14(2)25-15)22-13-16(17-7-6-10-24-17)23-8-4-5-9-23/h6-7,10-11,16H,3-5,8-9,12-13H2,1-2H3,(H2,19,21,22). The van der Waals surface area contributed by atoms with Crippen LogP contribution < -0.4 is 10.6 Å². The molecule has 0 saturated carbocycles. The van der Waals surface area contributed by atoms with Crippen molar-refractivity contribution in [2.24, 2.45) is 4.99 Å². The lowest BCUT2D eigenvalue weighted by molar-refractivity contribution is 0.249. The van der Waals surface area contributed by atoms with Gasteiger partial charge < -0.3 is 10.6 Å². The summed E-state index contributed by atoms with van der Waals surface area (Å²) in [5.41, 5.74) is 0. The van der Waals surface area contributed by atoms with Crippen LogP contribution >= 0.6 is 22.7 Å². The van der Waals surface area contributed by atoms with Crippen molar-refractivity contribution in [3.8, 4) is 0 Å². The second kappa shape index (κ2) is 9.31. The molecule has 25 heavy (non-hydrogen) atoms. The molecular weight excluding hydrogens is 350 g/mol. The highest BCUT2D eigenvalue weighted by molar-refractivity contribution is 7.11. The number of rotatable bonds is 7. The van der Waals surface area contributed by atoms with E-state index in [4.69, 9.17) is 4.99 Å². The van der Waals surface area contributed by atoms with Gasteiger partial charge in [0.2, 0.25) is 0 Å². The molecule has 3 heterocycles. The van der Waals surface area contributed by atoms with Crippen LogP contribution in [0.25, 0.3) is 0 Å². The van der Waals surface area contributed by atoms with Gasteiger partial charge in [0.15, 0.2) is 5.96 Å². The van der Waals surface area contributed by atoms with Crippen molar-refractivity contribution in [3.63, 3.8) is 0 Å². The Labute approximate surface area is 158 Å². The van der Waals surface area contributed by atoms with Crippen LogP contribution in [0.3, 0.4) is 0 Å². The largest absolute Gasteiger partial charge is 0.357 e. The maximum absolute atomic E-state index is 4.73. The number of hydrogen-bond acceptors (Lipinski definition) is 5. The molecule has 2 N–H and O–H groups in total. The maximum atomic E-state index is 4.73. The SMILES string of the molecule is CCNC(=NCc1cnc(C)s1)NCC(c1cccs1)N1CCCC1. The van der Waals surface area contributed by atoms with Gasteiger partial charge in [0, 0.05) is 29.0 Å². The highest BCUT2D eigenvalue weighted by atomic mass is 32.1. The molecule has 1 atom stereocenters. The van der Waals surface area contributed by atoms with Crippen LogP contribution in [0.5, 0.6) is 0 Å². The third kappa shape index (κ3) is 5.26. The van der Waals surface area contributed by atoms with Crippen LogP contribution in [0, 0.1) is 6.92 Å². The van der Waals surface area contributed by atoms with Crippen LogP contribution in [-0.4, -0.2) is 42.0 Å². The number of aromatic nitrogens is 1. The number of hydrogen-bond donors (Lipinski definition) is 2. The van der Waals surface area contributed by atoms with Crippen LogP contribution in [0.4, 0.5) is 0 Å². The Morgan fingerprint density at radius 3 is 2.84 bits per heavy atom. The minimum atomic E-state index is 0.428. The molecule has 0 spiro atoms. The summed E-state index contributed by atoms with van der Waals surface area (Å²) in [4.78, 5) is 14.3. The zero-order valence-corrected chi connectivity index (χ0v) is 16.6. The molecule has 5 nitrogen and oxygen atoms in total. The van der Waals surface area contributed by atoms with Crippen molar-refractivity contribution in [2.75, 3.05) is 26.2 Å². The number of aryl methyl sites for hydroxylation is 1. The van der Waals surface area contributed by atoms with E-state index in [1.165, 1.54) is 35.7 Å². The summed E-state index contributed by atoms with van der Waals surface area (Å²) >= 11 is 3.56. The molecule has 2 aromatic rings. The number of likely N-dealkylation sites (tertiary alicyclic amines) is 1. The third-order valence-electron chi connectivity index (χ3n) is 4.32. The van der Waals surface area contributed by atoms with Crippen molar-refractivity contribution < 1.29 is 0 Å². The molecule has 1 saturated heterocycles. The zero-order valence-electron chi connectivity index (χ0n) is 15.0. The maximum Gasteiger partial charge on any atom is 0.191 e. The second-order valence-corrected chi connectivity index (χ2v) is 8.49. The van der Waals surface area contributed by atoms with E-state index in [-0.39, 0.29) is 0 Å². The van der Waals surface area contributed by atoms with Gasteiger partial charge >= 0.3 is 0 Å². The van der Waals surface area contributed by atoms with Crippen LogP contribution in [-0.2, 0) is 6.54 Å². The molecule has 0 bridgehead atoms. The van der Waals surface area contributed by atoms with Gasteiger partial charge in [-0.1, -0.05) is 6.07 Å². The van der Waals surface area contributed by atoms with Gasteiger partial charge in [-0.25, -0.2) is 9.98 Å². The first kappa shape index (κ1) is 18.4. The zero-order chi connectivity index (χ0) is 17.5. The number of nitrogens with zero attached hydrogens (tertiary/aromatic N) is 3. The molecule has 1 fully saturated rings. The topological polar surface area (TPSA) is 52.6 Å². The molecule has 0 amide bonds. The molecule has 1 aliphatic rings. The number of nitrogens with one attached hydrogen (secondary N) is 2. The summed E-state index contributed by atoms with van der Waals surface area (Å²) in [6.45, 7) is 8.94. The summed E-state index contributed by atoms with van der Waals surface area (Å²) in [7, 11) is 0. The number of aliphatic imine (C=N–C) groups is 1. The quantitative estimate of drug-likeness (QED) is 0.573. The van der Waals surface area contributed by atoms with E-state index >= 15 is 0 Å². The van der Waals surface area contributed by atoms with E-state index in [2.05, 4.69) is 45.0 Å². The van der Waals surface area contributed by atoms with Crippen LogP contribution in [0.1, 0.15) is 40.6 Å². The van der Waals surface area contributed by atoms with Gasteiger partial charge in [-0.05, 0) is 51.2 Å². The lowest BCUT2D eigenvalue weighted by Crippen LogP contribution is -2.42. The molecule has 0 aliphatic carbocycles. The fraction of sp³-hybridized carbons (Fsp3) is 0.556. The Hall–Kier alpha value is -1.44. The van der Waals surface area contributed by atoms with E-state index in [9.17, 15) is 0 Å². The average Bonchev–Trinajstić information content (AvgIpc) is 3.36. The Bertz CT molecular complexity index is 659. The molecule has 0 radical (unpaired) electrons. The molecule has 0 aromatic carbocycles. The number of guanidine groups is 1. The summed E-state index contributed by atoms with van der Waals surface area (Å²) in [5, 5.41) is 10.2.